The lowest BCUT2D eigenvalue weighted by atomic mass is 10.2. The molecule has 4 aromatic rings. The van der Waals surface area contributed by atoms with E-state index in [-0.39, 0.29) is 5.91 Å². The number of amides is 1. The number of rotatable bonds is 4. The minimum atomic E-state index is -0.316. The van der Waals surface area contributed by atoms with Crippen molar-refractivity contribution in [3.8, 4) is 11.5 Å². The Morgan fingerprint density at radius 1 is 0.931 bits per heavy atom. The zero-order valence-electron chi connectivity index (χ0n) is 14.8. The fourth-order valence-electron chi connectivity index (χ4n) is 2.70. The summed E-state index contributed by atoms with van der Waals surface area (Å²) in [6, 6.07) is 17.5. The average Bonchev–Trinajstić information content (AvgIpc) is 3.12. The van der Waals surface area contributed by atoms with E-state index in [1.807, 2.05) is 12.1 Å². The lowest BCUT2D eigenvalue weighted by Gasteiger charge is -2.06. The molecule has 0 bridgehead atoms. The molecule has 0 unspecified atom stereocenters. The molecule has 1 amide bonds. The summed E-state index contributed by atoms with van der Waals surface area (Å²) in [6.45, 7) is 0. The first kappa shape index (κ1) is 19.5. The van der Waals surface area contributed by atoms with Crippen molar-refractivity contribution in [1.82, 2.24) is 4.98 Å². The Bertz CT molecular complexity index is 1230. The molecule has 0 spiro atoms. The van der Waals surface area contributed by atoms with Gasteiger partial charge in [0.15, 0.2) is 5.58 Å². The van der Waals surface area contributed by atoms with Crippen molar-refractivity contribution in [3.05, 3.63) is 87.4 Å². The van der Waals surface area contributed by atoms with E-state index in [0.29, 0.717) is 43.3 Å². The molecule has 0 fully saturated rings. The second kappa shape index (κ2) is 8.29. The normalized spacial score (nSPS) is 11.3. The maximum atomic E-state index is 12.3. The monoisotopic (exact) mass is 442 g/mol. The number of benzene rings is 3. The summed E-state index contributed by atoms with van der Waals surface area (Å²) in [4.78, 5) is 16.7. The van der Waals surface area contributed by atoms with E-state index < -0.39 is 0 Å². The molecule has 0 aliphatic carbocycles. The molecule has 4 nitrogen and oxygen atoms in total. The Labute approximate surface area is 181 Å². The number of nitrogens with one attached hydrogen (secondary N) is 1. The lowest BCUT2D eigenvalue weighted by molar-refractivity contribution is -0.111. The zero-order valence-corrected chi connectivity index (χ0v) is 17.1. The van der Waals surface area contributed by atoms with E-state index in [9.17, 15) is 4.79 Å². The molecule has 1 aromatic heterocycles. The molecule has 7 heteroatoms. The summed E-state index contributed by atoms with van der Waals surface area (Å²) < 4.78 is 5.77. The Hall–Kier alpha value is -2.79. The van der Waals surface area contributed by atoms with Gasteiger partial charge in [0.05, 0.1) is 10.7 Å². The van der Waals surface area contributed by atoms with Gasteiger partial charge in [-0.15, -0.1) is 0 Å². The van der Waals surface area contributed by atoms with Gasteiger partial charge in [-0.1, -0.05) is 46.9 Å². The minimum absolute atomic E-state index is 0.316. The SMILES string of the molecule is O=C(/C=C/c1ccc(Cl)cc1)Nc1cc(-c2nc3cc(Cl)ccc3o2)ccc1Cl. The van der Waals surface area contributed by atoms with Crippen LogP contribution in [0.15, 0.2) is 71.2 Å². The molecule has 0 aliphatic rings. The van der Waals surface area contributed by atoms with Crippen molar-refractivity contribution in [1.29, 1.82) is 0 Å². The molecule has 29 heavy (non-hydrogen) atoms. The number of nitrogens with zero attached hydrogens (tertiary/aromatic N) is 1. The third-order valence-corrected chi connectivity index (χ3v) is 4.93. The number of hydrogen-bond acceptors (Lipinski definition) is 3. The summed E-state index contributed by atoms with van der Waals surface area (Å²) in [5.41, 5.74) is 3.26. The molecule has 0 saturated carbocycles. The van der Waals surface area contributed by atoms with E-state index in [1.165, 1.54) is 6.08 Å². The van der Waals surface area contributed by atoms with Gasteiger partial charge >= 0.3 is 0 Å². The Morgan fingerprint density at radius 2 is 1.69 bits per heavy atom. The lowest BCUT2D eigenvalue weighted by Crippen LogP contribution is -2.08. The quantitative estimate of drug-likeness (QED) is 0.342. The van der Waals surface area contributed by atoms with Crippen molar-refractivity contribution >= 4 is 63.6 Å². The van der Waals surface area contributed by atoms with Crippen LogP contribution in [0, 0.1) is 0 Å². The Morgan fingerprint density at radius 3 is 2.48 bits per heavy atom. The van der Waals surface area contributed by atoms with E-state index >= 15 is 0 Å². The summed E-state index contributed by atoms with van der Waals surface area (Å²) >= 11 is 18.1. The first-order valence-corrected chi connectivity index (χ1v) is 9.72. The highest BCUT2D eigenvalue weighted by Crippen LogP contribution is 2.31. The minimum Gasteiger partial charge on any atom is -0.436 e. The van der Waals surface area contributed by atoms with E-state index in [2.05, 4.69) is 10.3 Å². The maximum absolute atomic E-state index is 12.3. The van der Waals surface area contributed by atoms with Crippen LogP contribution >= 0.6 is 34.8 Å². The van der Waals surface area contributed by atoms with Crippen molar-refractivity contribution < 1.29 is 9.21 Å². The molecule has 1 N–H and O–H groups in total. The molecule has 0 radical (unpaired) electrons. The zero-order chi connectivity index (χ0) is 20.4. The molecule has 144 valence electrons. The van der Waals surface area contributed by atoms with Gasteiger partial charge in [-0.05, 0) is 60.2 Å². The summed E-state index contributed by atoms with van der Waals surface area (Å²) in [5.74, 6) is 0.0921. The third kappa shape index (κ3) is 4.62. The van der Waals surface area contributed by atoms with E-state index in [4.69, 9.17) is 39.2 Å². The first-order valence-electron chi connectivity index (χ1n) is 8.58. The third-order valence-electron chi connectivity index (χ3n) is 4.12. The molecule has 0 saturated heterocycles. The van der Waals surface area contributed by atoms with Gasteiger partial charge in [-0.2, -0.15) is 0 Å². The van der Waals surface area contributed by atoms with Gasteiger partial charge in [0.25, 0.3) is 0 Å². The summed E-state index contributed by atoms with van der Waals surface area (Å²) in [6.07, 6.45) is 3.11. The summed E-state index contributed by atoms with van der Waals surface area (Å²) in [7, 11) is 0. The number of carbonyl (C=O) groups is 1. The standard InChI is InChI=1S/C22H13Cl3N2O2/c23-15-5-1-13(2-6-15)3-10-21(28)26-18-11-14(4-8-17(18)25)22-27-19-12-16(24)7-9-20(19)29-22/h1-12H,(H,26,28)/b10-3+. The second-order valence-corrected chi connectivity index (χ2v) is 7.48. The highest BCUT2D eigenvalue weighted by molar-refractivity contribution is 6.34. The Balaban J connectivity index is 1.56. The number of oxazole rings is 1. The van der Waals surface area contributed by atoms with Crippen LogP contribution in [0.1, 0.15) is 5.56 Å². The molecule has 0 aliphatic heterocycles. The molecule has 4 rings (SSSR count). The number of fused-ring (bicyclic) bond motifs is 1. The van der Waals surface area contributed by atoms with Gasteiger partial charge in [0.1, 0.15) is 5.52 Å². The van der Waals surface area contributed by atoms with Gasteiger partial charge in [-0.25, -0.2) is 4.98 Å². The van der Waals surface area contributed by atoms with Crippen LogP contribution in [0.2, 0.25) is 15.1 Å². The second-order valence-electron chi connectivity index (χ2n) is 6.20. The highest BCUT2D eigenvalue weighted by Gasteiger charge is 2.12. The number of hydrogen-bond donors (Lipinski definition) is 1. The maximum Gasteiger partial charge on any atom is 0.248 e. The van der Waals surface area contributed by atoms with Gasteiger partial charge in [-0.3, -0.25) is 4.79 Å². The molecule has 1 heterocycles. The average molecular weight is 444 g/mol. The smallest absolute Gasteiger partial charge is 0.248 e. The van der Waals surface area contributed by atoms with Crippen LogP contribution in [0.3, 0.4) is 0 Å². The van der Waals surface area contributed by atoms with Crippen LogP contribution in [-0.2, 0) is 4.79 Å². The molecule has 3 aromatic carbocycles. The molecular formula is C22H13Cl3N2O2. The van der Waals surface area contributed by atoms with E-state index in [1.54, 1.807) is 54.6 Å². The summed E-state index contributed by atoms with van der Waals surface area (Å²) in [5, 5.41) is 4.39. The number of carbonyl (C=O) groups excluding carboxylic acids is 1. The van der Waals surface area contributed by atoms with Crippen molar-refractivity contribution in [2.45, 2.75) is 0 Å². The fraction of sp³-hybridized carbons (Fsp3) is 0. The van der Waals surface area contributed by atoms with E-state index in [0.717, 1.165) is 5.56 Å². The van der Waals surface area contributed by atoms with Crippen LogP contribution < -0.4 is 5.32 Å². The largest absolute Gasteiger partial charge is 0.436 e. The number of aromatic nitrogens is 1. The predicted octanol–water partition coefficient (Wildman–Crippen LogP) is 7.11. The van der Waals surface area contributed by atoms with Gasteiger partial charge < -0.3 is 9.73 Å². The Kier molecular flexibility index (Phi) is 5.58. The van der Waals surface area contributed by atoms with Crippen molar-refractivity contribution in [2.75, 3.05) is 5.32 Å². The van der Waals surface area contributed by atoms with Crippen LogP contribution in [0.5, 0.6) is 0 Å². The van der Waals surface area contributed by atoms with Gasteiger partial charge in [0, 0.05) is 21.7 Å². The molecule has 0 atom stereocenters. The van der Waals surface area contributed by atoms with Crippen LogP contribution in [0.4, 0.5) is 5.69 Å². The highest BCUT2D eigenvalue weighted by atomic mass is 35.5. The van der Waals surface area contributed by atoms with Crippen molar-refractivity contribution in [3.63, 3.8) is 0 Å². The predicted molar refractivity (Wildman–Crippen MR) is 119 cm³/mol. The number of anilines is 1. The van der Waals surface area contributed by atoms with Crippen molar-refractivity contribution in [2.24, 2.45) is 0 Å². The van der Waals surface area contributed by atoms with Crippen LogP contribution in [0.25, 0.3) is 28.6 Å². The molecular weight excluding hydrogens is 431 g/mol. The first-order chi connectivity index (χ1) is 14.0. The number of halogens is 3. The van der Waals surface area contributed by atoms with Crippen LogP contribution in [-0.4, -0.2) is 10.9 Å². The fourth-order valence-corrected chi connectivity index (χ4v) is 3.16. The van der Waals surface area contributed by atoms with Gasteiger partial charge in [0.2, 0.25) is 11.8 Å². The topological polar surface area (TPSA) is 55.1 Å².